The molecular weight excluding hydrogens is 1210 g/mol. The number of hydrogen-bond acceptors (Lipinski definition) is 11. The fourth-order valence-electron chi connectivity index (χ4n) is 4.90. The fourth-order valence-corrected chi connectivity index (χ4v) is 8.03. The number of aromatic amines is 1. The minimum absolute atomic E-state index is 0.0903. The second-order valence-electron chi connectivity index (χ2n) is 15.4. The molecule has 0 aliphatic heterocycles. The summed E-state index contributed by atoms with van der Waals surface area (Å²) in [5.41, 5.74) is 6.23. The Kier molecular flexibility index (Phi) is 25.2. The van der Waals surface area contributed by atoms with Crippen molar-refractivity contribution in [1.29, 1.82) is 5.26 Å². The van der Waals surface area contributed by atoms with E-state index in [4.69, 9.17) is 46.1 Å². The van der Waals surface area contributed by atoms with E-state index in [0.29, 0.717) is 25.7 Å². The minimum Gasteiger partial charge on any atom is -0.463 e. The van der Waals surface area contributed by atoms with E-state index in [-0.39, 0.29) is 5.56 Å². The Morgan fingerprint density at radius 3 is 1.74 bits per heavy atom. The highest BCUT2D eigenvalue weighted by Crippen LogP contribution is 2.61. The number of nitrogens with one attached hydrogen (secondary N) is 1. The zero-order valence-corrected chi connectivity index (χ0v) is 48.5. The molecule has 9 rings (SSSR count). The number of nitriles is 1. The number of aromatic nitrogens is 5. The summed E-state index contributed by atoms with van der Waals surface area (Å²) in [6.07, 6.45) is 12.9. The fraction of sp³-hybridized carbons (Fsp3) is 0.200. The number of furan rings is 4. The molecule has 0 bridgehead atoms. The number of fused-ring (bicyclic) bond motifs is 4. The molecule has 0 saturated carbocycles. The van der Waals surface area contributed by atoms with Gasteiger partial charge in [0.05, 0.1) is 37.4 Å². The lowest BCUT2D eigenvalue weighted by molar-refractivity contribution is -0.884. The SMILES string of the molecule is C#CC.CC#N.C[Si](C)(C)c1cc2c(ccc[n+]2O)o1.C[Si](C)(C)c1cc2nccc(Cl)c2o1.Cc1cc2ncccc2o1.Clc1ccnc2cc(I)oc12.O=P(Cl)(Cl)Cl.O=c1[nH]cccc1Br. The Hall–Kier alpha value is -4.12. The Morgan fingerprint density at radius 2 is 1.28 bits per heavy atom. The number of nitrogens with zero attached hydrogens (tertiary/aromatic N) is 5. The van der Waals surface area contributed by atoms with E-state index in [1.165, 1.54) is 6.92 Å². The first-order valence-electron chi connectivity index (χ1n) is 19.6. The molecule has 9 aromatic heterocycles. The van der Waals surface area contributed by atoms with Gasteiger partial charge in [-0.05, 0) is 129 Å². The standard InChI is InChI=1S/C10H12ClNOSi.C10H14NO2Si.C8H7NO.C7H3ClINO.C5H4BrNO.C3H4.C2H3N.Cl3OP/c1-14(2,3)9-6-8-10(13-9)7(11)4-5-12-8;1-14(2,3)10-7-8-9(13-10)5-4-6-11(8)12;1-6-5-7-8(10-6)3-2-4-9-7;8-4-1-2-10-5-3-6(9)11-7(4)5;6-4-2-1-3-7-5(4)8;1-3-2;1-2-3;1-5(2,3)4/h4-6H,1-3H3;4-7,12H,1-3H3;2-5H,1H3;1-3H;1-3H,(H,7,8);1H,2H3;1H3;/q;+1;;;;;;. The summed E-state index contributed by atoms with van der Waals surface area (Å²) in [4.78, 5) is 25.4. The van der Waals surface area contributed by atoms with E-state index < -0.39 is 21.3 Å². The third-order valence-corrected chi connectivity index (χ3v) is 13.0. The molecule has 0 radical (unpaired) electrons. The quantitative estimate of drug-likeness (QED) is 0.0418. The van der Waals surface area contributed by atoms with Crippen LogP contribution in [0.5, 0.6) is 0 Å². The van der Waals surface area contributed by atoms with Crippen LogP contribution in [0.25, 0.3) is 44.4 Å². The molecule has 68 heavy (non-hydrogen) atoms. The van der Waals surface area contributed by atoms with Gasteiger partial charge in [-0.3, -0.25) is 29.5 Å². The van der Waals surface area contributed by atoms with Crippen molar-refractivity contribution in [3.8, 4) is 18.4 Å². The molecule has 9 heterocycles. The highest BCUT2D eigenvalue weighted by Gasteiger charge is 2.25. The lowest BCUT2D eigenvalue weighted by Gasteiger charge is -2.10. The molecule has 13 nitrogen and oxygen atoms in total. The molecule has 2 N–H and O–H groups in total. The summed E-state index contributed by atoms with van der Waals surface area (Å²) in [6.45, 7) is 18.4. The topological polar surface area (TPSA) is 189 Å². The molecule has 0 aliphatic rings. The number of aryl methyl sites for hydroxylation is 1. The smallest absolute Gasteiger partial charge is 0.339 e. The summed E-state index contributed by atoms with van der Waals surface area (Å²) >= 11 is 30.8. The van der Waals surface area contributed by atoms with E-state index in [1.54, 1.807) is 74.3 Å². The van der Waals surface area contributed by atoms with E-state index in [9.17, 15) is 14.6 Å². The van der Waals surface area contributed by atoms with Gasteiger partial charge in [0.2, 0.25) is 11.8 Å². The molecule has 0 aliphatic carbocycles. The van der Waals surface area contributed by atoms with Gasteiger partial charge in [0.15, 0.2) is 20.5 Å². The average Bonchev–Trinajstić information content (AvgIpc) is 4.05. The van der Waals surface area contributed by atoms with Gasteiger partial charge < -0.3 is 22.7 Å². The van der Waals surface area contributed by atoms with Gasteiger partial charge in [0.1, 0.15) is 38.5 Å². The maximum atomic E-state index is 10.5. The highest BCUT2D eigenvalue weighted by atomic mass is 127. The lowest BCUT2D eigenvalue weighted by atomic mass is 10.4. The van der Waals surface area contributed by atoms with Crippen LogP contribution in [0.15, 0.2) is 131 Å². The summed E-state index contributed by atoms with van der Waals surface area (Å²) in [5, 5.41) is 16.9. The second-order valence-corrected chi connectivity index (χ2v) is 34.7. The number of pyridine rings is 5. The number of H-pyrrole nitrogens is 1. The van der Waals surface area contributed by atoms with Crippen LogP contribution in [0.3, 0.4) is 0 Å². The third-order valence-electron chi connectivity index (χ3n) is 7.82. The van der Waals surface area contributed by atoms with Gasteiger partial charge in [-0.25, -0.2) is 0 Å². The van der Waals surface area contributed by atoms with Crippen molar-refractivity contribution in [3.63, 3.8) is 0 Å². The Labute approximate surface area is 442 Å². The molecule has 0 aromatic carbocycles. The predicted molar refractivity (Wildman–Crippen MR) is 295 cm³/mol. The molecule has 360 valence electrons. The van der Waals surface area contributed by atoms with Crippen LogP contribution in [0.4, 0.5) is 0 Å². The number of hydrogen-bond donors (Lipinski definition) is 2. The first kappa shape index (κ1) is 60.0. The second kappa shape index (κ2) is 28.5. The number of halogens is 7. The lowest BCUT2D eigenvalue weighted by Crippen LogP contribution is -2.36. The summed E-state index contributed by atoms with van der Waals surface area (Å²) in [6, 6.07) is 23.8. The number of terminal acetylenes is 1. The maximum Gasteiger partial charge on any atom is 0.339 e. The zero-order chi connectivity index (χ0) is 51.4. The Morgan fingerprint density at radius 1 is 0.779 bits per heavy atom. The minimum atomic E-state index is -3.22. The molecule has 0 spiro atoms. The summed E-state index contributed by atoms with van der Waals surface area (Å²) in [7, 11) is -2.84. The van der Waals surface area contributed by atoms with Crippen LogP contribution in [0, 0.1) is 34.4 Å². The van der Waals surface area contributed by atoms with Crippen LogP contribution < -0.4 is 21.1 Å². The van der Waals surface area contributed by atoms with Crippen molar-refractivity contribution in [2.75, 3.05) is 0 Å². The molecule has 9 aromatic rings. The molecule has 0 amide bonds. The monoisotopic (exact) mass is 1250 g/mol. The molecule has 0 fully saturated rings. The van der Waals surface area contributed by atoms with Gasteiger partial charge in [-0.15, -0.1) is 12.3 Å². The maximum absolute atomic E-state index is 10.5. The van der Waals surface area contributed by atoms with Gasteiger partial charge in [0, 0.05) is 60.7 Å². The van der Waals surface area contributed by atoms with Crippen molar-refractivity contribution in [1.82, 2.24) is 19.9 Å². The first-order valence-corrected chi connectivity index (χ1v) is 33.7. The molecule has 0 unspecified atom stereocenters. The van der Waals surface area contributed by atoms with Crippen LogP contribution in [-0.2, 0) is 4.57 Å². The van der Waals surface area contributed by atoms with Crippen molar-refractivity contribution < 1.29 is 32.2 Å². The van der Waals surface area contributed by atoms with E-state index in [0.717, 1.165) is 58.3 Å². The third kappa shape index (κ3) is 21.3. The van der Waals surface area contributed by atoms with Crippen molar-refractivity contribution in [3.05, 3.63) is 138 Å². The number of rotatable bonds is 2. The average molecular weight is 1260 g/mol. The largest absolute Gasteiger partial charge is 0.463 e. The normalized spacial score (nSPS) is 10.5. The van der Waals surface area contributed by atoms with Gasteiger partial charge in [-0.1, -0.05) is 62.5 Å². The van der Waals surface area contributed by atoms with Crippen molar-refractivity contribution in [2.24, 2.45) is 0 Å². The predicted octanol–water partition coefficient (Wildman–Crippen LogP) is 14.9. The Balaban J connectivity index is 0.000000279. The van der Waals surface area contributed by atoms with Gasteiger partial charge >= 0.3 is 10.7 Å². The van der Waals surface area contributed by atoms with Crippen LogP contribution in [-0.4, -0.2) is 41.3 Å². The van der Waals surface area contributed by atoms with E-state index in [2.05, 4.69) is 144 Å². The van der Waals surface area contributed by atoms with Crippen LogP contribution >= 0.6 is 101 Å². The van der Waals surface area contributed by atoms with E-state index in [1.807, 2.05) is 49.4 Å². The summed E-state index contributed by atoms with van der Waals surface area (Å²) < 4.78 is 34.0. The van der Waals surface area contributed by atoms with Gasteiger partial charge in [0.25, 0.3) is 5.56 Å². The van der Waals surface area contributed by atoms with Crippen LogP contribution in [0.2, 0.25) is 49.3 Å². The van der Waals surface area contributed by atoms with Crippen LogP contribution in [0.1, 0.15) is 19.6 Å². The van der Waals surface area contributed by atoms with Crippen molar-refractivity contribution >= 4 is 172 Å². The zero-order valence-electron chi connectivity index (χ0n) is 38.1. The highest BCUT2D eigenvalue weighted by molar-refractivity contribution is 14.1. The van der Waals surface area contributed by atoms with Crippen molar-refractivity contribution in [2.45, 2.75) is 60.1 Å². The molecule has 0 saturated heterocycles. The Bertz CT molecular complexity index is 3060. The summed E-state index contributed by atoms with van der Waals surface area (Å²) in [5.74, 6) is 3.16. The first-order chi connectivity index (χ1) is 31.7. The molecule has 0 atom stereocenters. The molecular formula is C45H47BrCl5IN6O7PSi2+. The molecule has 23 heteroatoms. The van der Waals surface area contributed by atoms with E-state index >= 15 is 0 Å². The van der Waals surface area contributed by atoms with Gasteiger partial charge in [-0.2, -0.15) is 5.26 Å².